The van der Waals surface area contributed by atoms with E-state index in [-0.39, 0.29) is 5.91 Å². The molecule has 6 nitrogen and oxygen atoms in total. The molecule has 98 valence electrons. The highest BCUT2D eigenvalue weighted by Gasteiger charge is 2.10. The molecule has 0 fully saturated rings. The van der Waals surface area contributed by atoms with E-state index in [1.54, 1.807) is 24.3 Å². The van der Waals surface area contributed by atoms with Gasteiger partial charge >= 0.3 is 6.09 Å². The van der Waals surface area contributed by atoms with Crippen LogP contribution in [0.4, 0.5) is 4.79 Å². The van der Waals surface area contributed by atoms with Gasteiger partial charge in [0, 0.05) is 13.1 Å². The second kappa shape index (κ2) is 7.16. The summed E-state index contributed by atoms with van der Waals surface area (Å²) in [7, 11) is 2.79. The number of hydrogen-bond donors (Lipinski definition) is 2. The van der Waals surface area contributed by atoms with Crippen LogP contribution in [-0.4, -0.2) is 39.3 Å². The van der Waals surface area contributed by atoms with Gasteiger partial charge in [0.1, 0.15) is 5.75 Å². The lowest BCUT2D eigenvalue weighted by Gasteiger charge is -2.09. The summed E-state index contributed by atoms with van der Waals surface area (Å²) in [6, 6.07) is 6.92. The van der Waals surface area contributed by atoms with Crippen LogP contribution in [0.25, 0.3) is 0 Å². The molecular weight excluding hydrogens is 236 g/mol. The van der Waals surface area contributed by atoms with E-state index in [2.05, 4.69) is 15.4 Å². The summed E-state index contributed by atoms with van der Waals surface area (Å²) in [6.45, 7) is 0.611. The largest absolute Gasteiger partial charge is 0.496 e. The molecule has 0 spiro atoms. The second-order valence-corrected chi connectivity index (χ2v) is 3.37. The fraction of sp³-hybridized carbons (Fsp3) is 0.333. The number of nitrogens with one attached hydrogen (secondary N) is 2. The van der Waals surface area contributed by atoms with E-state index in [0.29, 0.717) is 24.4 Å². The monoisotopic (exact) mass is 252 g/mol. The van der Waals surface area contributed by atoms with Gasteiger partial charge in [0.25, 0.3) is 5.91 Å². The molecule has 0 atom stereocenters. The van der Waals surface area contributed by atoms with Crippen LogP contribution in [0.5, 0.6) is 5.75 Å². The Bertz CT molecular complexity index is 420. The lowest BCUT2D eigenvalue weighted by Crippen LogP contribution is -2.34. The summed E-state index contributed by atoms with van der Waals surface area (Å²) in [4.78, 5) is 22.6. The van der Waals surface area contributed by atoms with Crippen molar-refractivity contribution in [2.75, 3.05) is 27.3 Å². The maximum absolute atomic E-state index is 11.8. The fourth-order valence-electron chi connectivity index (χ4n) is 1.34. The number of hydrogen-bond acceptors (Lipinski definition) is 4. The number of para-hydroxylation sites is 1. The third kappa shape index (κ3) is 3.97. The minimum atomic E-state index is -0.526. The number of carbonyl (C=O) groups is 2. The third-order valence-electron chi connectivity index (χ3n) is 2.22. The van der Waals surface area contributed by atoms with Crippen molar-refractivity contribution in [3.05, 3.63) is 29.8 Å². The Morgan fingerprint density at radius 2 is 1.78 bits per heavy atom. The van der Waals surface area contributed by atoms with Crippen LogP contribution < -0.4 is 15.4 Å². The van der Waals surface area contributed by atoms with Gasteiger partial charge in [-0.25, -0.2) is 4.79 Å². The van der Waals surface area contributed by atoms with Gasteiger partial charge in [-0.3, -0.25) is 4.79 Å². The van der Waals surface area contributed by atoms with Crippen molar-refractivity contribution >= 4 is 12.0 Å². The Labute approximate surface area is 105 Å². The van der Waals surface area contributed by atoms with Crippen LogP contribution in [0.2, 0.25) is 0 Å². The first kappa shape index (κ1) is 13.8. The van der Waals surface area contributed by atoms with Crippen molar-refractivity contribution in [1.82, 2.24) is 10.6 Å². The zero-order valence-electron chi connectivity index (χ0n) is 10.4. The van der Waals surface area contributed by atoms with E-state index in [9.17, 15) is 9.59 Å². The van der Waals surface area contributed by atoms with Gasteiger partial charge in [-0.15, -0.1) is 0 Å². The first-order valence-electron chi connectivity index (χ1n) is 5.42. The molecule has 18 heavy (non-hydrogen) atoms. The van der Waals surface area contributed by atoms with Gasteiger partial charge in [0.05, 0.1) is 19.8 Å². The number of rotatable bonds is 5. The van der Waals surface area contributed by atoms with Gasteiger partial charge < -0.3 is 20.1 Å². The lowest BCUT2D eigenvalue weighted by molar-refractivity contribution is 0.0950. The summed E-state index contributed by atoms with van der Waals surface area (Å²) in [5.74, 6) is 0.259. The van der Waals surface area contributed by atoms with E-state index in [1.165, 1.54) is 14.2 Å². The average Bonchev–Trinajstić information content (AvgIpc) is 2.42. The molecule has 0 heterocycles. The molecule has 2 N–H and O–H groups in total. The molecule has 1 aromatic rings. The fourth-order valence-corrected chi connectivity index (χ4v) is 1.34. The van der Waals surface area contributed by atoms with Crippen LogP contribution in [-0.2, 0) is 4.74 Å². The van der Waals surface area contributed by atoms with Gasteiger partial charge in [-0.2, -0.15) is 0 Å². The first-order valence-corrected chi connectivity index (χ1v) is 5.42. The molecule has 0 aromatic heterocycles. The summed E-state index contributed by atoms with van der Waals surface area (Å²) >= 11 is 0. The Kier molecular flexibility index (Phi) is 5.50. The normalized spacial score (nSPS) is 9.44. The van der Waals surface area contributed by atoms with Crippen LogP contribution in [0.1, 0.15) is 10.4 Å². The van der Waals surface area contributed by atoms with Crippen molar-refractivity contribution in [3.63, 3.8) is 0 Å². The maximum Gasteiger partial charge on any atom is 0.406 e. The Hall–Kier alpha value is -2.24. The third-order valence-corrected chi connectivity index (χ3v) is 2.22. The van der Waals surface area contributed by atoms with Crippen LogP contribution in [0.3, 0.4) is 0 Å². The maximum atomic E-state index is 11.8. The van der Waals surface area contributed by atoms with Gasteiger partial charge in [0.2, 0.25) is 0 Å². The van der Waals surface area contributed by atoms with Crippen molar-refractivity contribution in [3.8, 4) is 5.75 Å². The molecule has 6 heteroatoms. The Balaban J connectivity index is 2.43. The minimum absolute atomic E-state index is 0.251. The van der Waals surface area contributed by atoms with E-state index in [0.717, 1.165) is 0 Å². The molecule has 0 aliphatic heterocycles. The van der Waals surface area contributed by atoms with Gasteiger partial charge in [-0.1, -0.05) is 12.1 Å². The zero-order valence-corrected chi connectivity index (χ0v) is 10.4. The molecule has 0 aliphatic carbocycles. The molecule has 0 bridgehead atoms. The van der Waals surface area contributed by atoms with Gasteiger partial charge in [0.15, 0.2) is 0 Å². The Morgan fingerprint density at radius 3 is 2.44 bits per heavy atom. The molecule has 0 aliphatic rings. The molecule has 0 unspecified atom stereocenters. The van der Waals surface area contributed by atoms with Crippen molar-refractivity contribution in [1.29, 1.82) is 0 Å². The minimum Gasteiger partial charge on any atom is -0.496 e. The van der Waals surface area contributed by atoms with E-state index in [4.69, 9.17) is 4.74 Å². The molecular formula is C12H16N2O4. The predicted octanol–water partition coefficient (Wildman–Crippen LogP) is 0.781. The smallest absolute Gasteiger partial charge is 0.406 e. The predicted molar refractivity (Wildman–Crippen MR) is 65.7 cm³/mol. The number of methoxy groups -OCH3 is 2. The quantitative estimate of drug-likeness (QED) is 0.759. The SMILES string of the molecule is COC(=O)NCCNC(=O)c1ccccc1OC. The van der Waals surface area contributed by atoms with Crippen molar-refractivity contribution in [2.24, 2.45) is 0 Å². The van der Waals surface area contributed by atoms with Gasteiger partial charge in [-0.05, 0) is 12.1 Å². The summed E-state index contributed by atoms with van der Waals surface area (Å²) in [5, 5.41) is 5.12. The highest BCUT2D eigenvalue weighted by molar-refractivity contribution is 5.96. The molecule has 1 rings (SSSR count). The van der Waals surface area contributed by atoms with Crippen molar-refractivity contribution in [2.45, 2.75) is 0 Å². The highest BCUT2D eigenvalue weighted by Crippen LogP contribution is 2.16. The number of carbonyl (C=O) groups excluding carboxylic acids is 2. The number of amides is 2. The summed E-state index contributed by atoms with van der Waals surface area (Å²) in [5.41, 5.74) is 0.457. The van der Waals surface area contributed by atoms with E-state index >= 15 is 0 Å². The number of ether oxygens (including phenoxy) is 2. The zero-order chi connectivity index (χ0) is 13.4. The van der Waals surface area contributed by atoms with E-state index in [1.807, 2.05) is 0 Å². The summed E-state index contributed by atoms with van der Waals surface area (Å²) in [6.07, 6.45) is -0.526. The molecule has 0 saturated carbocycles. The summed E-state index contributed by atoms with van der Waals surface area (Å²) < 4.78 is 9.47. The van der Waals surface area contributed by atoms with Crippen molar-refractivity contribution < 1.29 is 19.1 Å². The standard InChI is InChI=1S/C12H16N2O4/c1-17-10-6-4-3-5-9(10)11(15)13-7-8-14-12(16)18-2/h3-6H,7-8H2,1-2H3,(H,13,15)(H,14,16). The van der Waals surface area contributed by atoms with E-state index < -0.39 is 6.09 Å². The van der Waals surface area contributed by atoms with Crippen LogP contribution >= 0.6 is 0 Å². The van der Waals surface area contributed by atoms with Crippen LogP contribution in [0.15, 0.2) is 24.3 Å². The molecule has 0 saturated heterocycles. The second-order valence-electron chi connectivity index (χ2n) is 3.37. The number of alkyl carbamates (subject to hydrolysis) is 1. The lowest BCUT2D eigenvalue weighted by atomic mass is 10.2. The molecule has 1 aromatic carbocycles. The molecule has 2 amide bonds. The topological polar surface area (TPSA) is 76.7 Å². The molecule has 0 radical (unpaired) electrons. The first-order chi connectivity index (χ1) is 8.69. The Morgan fingerprint density at radius 1 is 1.11 bits per heavy atom. The number of benzene rings is 1. The highest BCUT2D eigenvalue weighted by atomic mass is 16.5. The van der Waals surface area contributed by atoms with Crippen LogP contribution in [0, 0.1) is 0 Å². The average molecular weight is 252 g/mol.